The van der Waals surface area contributed by atoms with Gasteiger partial charge in [0.15, 0.2) is 6.61 Å². The summed E-state index contributed by atoms with van der Waals surface area (Å²) < 4.78 is 5.74. The lowest BCUT2D eigenvalue weighted by Gasteiger charge is -2.42. The van der Waals surface area contributed by atoms with Crippen molar-refractivity contribution in [2.24, 2.45) is 11.8 Å². The summed E-state index contributed by atoms with van der Waals surface area (Å²) in [6, 6.07) is 27.4. The second-order valence-corrected chi connectivity index (χ2v) is 14.1. The Bertz CT molecular complexity index is 1610. The minimum atomic E-state index is -0.652. The molecule has 2 saturated heterocycles. The van der Waals surface area contributed by atoms with Crippen LogP contribution in [0.3, 0.4) is 0 Å². The van der Waals surface area contributed by atoms with Gasteiger partial charge >= 0.3 is 0 Å². The Morgan fingerprint density at radius 2 is 1.46 bits per heavy atom. The van der Waals surface area contributed by atoms with Crippen molar-refractivity contribution in [1.29, 1.82) is 0 Å². The minimum absolute atomic E-state index is 0.0355. The van der Waals surface area contributed by atoms with Crippen LogP contribution in [-0.2, 0) is 38.7 Å². The Morgan fingerprint density at radius 3 is 2.22 bits per heavy atom. The van der Waals surface area contributed by atoms with E-state index in [1.165, 1.54) is 5.56 Å². The number of para-hydroxylation sites is 1. The molecule has 50 heavy (non-hydrogen) atoms. The third-order valence-corrected chi connectivity index (χ3v) is 10.5. The lowest BCUT2D eigenvalue weighted by Crippen LogP contribution is -2.57. The molecule has 264 valence electrons. The van der Waals surface area contributed by atoms with E-state index in [9.17, 15) is 19.2 Å². The van der Waals surface area contributed by atoms with Crippen LogP contribution in [0.4, 0.5) is 0 Å². The van der Waals surface area contributed by atoms with Crippen molar-refractivity contribution >= 4 is 23.6 Å². The number of hydrogen-bond donors (Lipinski definition) is 3. The van der Waals surface area contributed by atoms with Crippen LogP contribution in [-0.4, -0.2) is 78.3 Å². The maximum atomic E-state index is 13.6. The highest BCUT2D eigenvalue weighted by atomic mass is 16.5. The summed E-state index contributed by atoms with van der Waals surface area (Å²) in [5, 5.41) is 9.54. The Hall–Kier alpha value is -4.70. The van der Waals surface area contributed by atoms with Crippen LogP contribution in [0.25, 0.3) is 0 Å². The van der Waals surface area contributed by atoms with E-state index in [1.54, 1.807) is 0 Å². The highest BCUT2D eigenvalue weighted by Gasteiger charge is 2.38. The van der Waals surface area contributed by atoms with Crippen LogP contribution in [0.2, 0.25) is 0 Å². The van der Waals surface area contributed by atoms with Gasteiger partial charge in [-0.15, -0.1) is 0 Å². The van der Waals surface area contributed by atoms with Crippen molar-refractivity contribution < 1.29 is 23.9 Å². The third-order valence-electron chi connectivity index (χ3n) is 10.5. The summed E-state index contributed by atoms with van der Waals surface area (Å²) in [4.78, 5) is 57.8. The fraction of sp³-hybridized carbons (Fsp3) is 0.450. The molecule has 0 saturated carbocycles. The number of carbonyl (C=O) groups excluding carboxylic acids is 4. The number of rotatable bonds is 5. The monoisotopic (exact) mass is 679 g/mol. The smallest absolute Gasteiger partial charge is 0.260 e. The second-order valence-electron chi connectivity index (χ2n) is 14.1. The first-order valence-corrected chi connectivity index (χ1v) is 18.0. The zero-order valence-corrected chi connectivity index (χ0v) is 28.8. The van der Waals surface area contributed by atoms with Gasteiger partial charge in [0.1, 0.15) is 5.75 Å². The average molecular weight is 680 g/mol. The largest absolute Gasteiger partial charge is 0.484 e. The fourth-order valence-electron chi connectivity index (χ4n) is 7.67. The first-order chi connectivity index (χ1) is 24.3. The standard InChI is InChI=1S/C40H49N5O5/c46-36-23-32-16-20-45(39(49)29-50-35-13-5-2-6-14-35)28-34(32)15-19-41-38(48)25-40(17-21-44(22-18-40)27-30-9-3-1-4-10-30)43-37(47)24-31-11-7-8-12-33(31)26-42-36/h1-14,32,34H,15-29H2,(H,41,48)(H,42,46)(H,43,47)/t32-,34-/m0/s1. The van der Waals surface area contributed by atoms with Crippen molar-refractivity contribution in [1.82, 2.24) is 25.8 Å². The van der Waals surface area contributed by atoms with Gasteiger partial charge in [0.2, 0.25) is 17.7 Å². The highest BCUT2D eigenvalue weighted by Crippen LogP contribution is 2.31. The number of likely N-dealkylation sites (tertiary alicyclic amines) is 2. The topological polar surface area (TPSA) is 120 Å². The quantitative estimate of drug-likeness (QED) is 0.377. The molecule has 6 rings (SSSR count). The molecule has 1 spiro atoms. The van der Waals surface area contributed by atoms with E-state index in [2.05, 4.69) is 33.0 Å². The van der Waals surface area contributed by atoms with Crippen molar-refractivity contribution in [3.63, 3.8) is 0 Å². The van der Waals surface area contributed by atoms with E-state index in [0.717, 1.165) is 30.8 Å². The van der Waals surface area contributed by atoms with E-state index in [1.807, 2.05) is 77.7 Å². The SMILES string of the molecule is O=C1C[C@@H]2CCN(C(=O)COc3ccccc3)C[C@@H]2CCNC(=O)CC2(CCN(Cc3ccccc3)CC2)NC(=O)Cc2ccccc2CN1. The molecule has 4 amide bonds. The van der Waals surface area contributed by atoms with E-state index in [0.29, 0.717) is 64.0 Å². The van der Waals surface area contributed by atoms with Crippen LogP contribution in [0.15, 0.2) is 84.9 Å². The predicted octanol–water partition coefficient (Wildman–Crippen LogP) is 3.84. The van der Waals surface area contributed by atoms with Crippen LogP contribution < -0.4 is 20.7 Å². The zero-order valence-electron chi connectivity index (χ0n) is 28.8. The van der Waals surface area contributed by atoms with Gasteiger partial charge in [0.05, 0.1) is 12.0 Å². The molecule has 3 N–H and O–H groups in total. The number of fused-ring (bicyclic) bond motifs is 2. The molecule has 2 fully saturated rings. The van der Waals surface area contributed by atoms with Gasteiger partial charge in [0, 0.05) is 58.7 Å². The summed E-state index contributed by atoms with van der Waals surface area (Å²) in [6.07, 6.45) is 3.39. The minimum Gasteiger partial charge on any atom is -0.484 e. The molecule has 3 aromatic rings. The molecule has 2 atom stereocenters. The van der Waals surface area contributed by atoms with Gasteiger partial charge in [-0.25, -0.2) is 0 Å². The number of amides is 4. The van der Waals surface area contributed by atoms with Crippen LogP contribution in [0.5, 0.6) is 5.75 Å². The van der Waals surface area contributed by atoms with Crippen molar-refractivity contribution in [2.45, 2.75) is 63.6 Å². The number of hydrogen-bond acceptors (Lipinski definition) is 6. The number of carbonyl (C=O) groups is 4. The molecule has 3 aliphatic heterocycles. The van der Waals surface area contributed by atoms with Crippen molar-refractivity contribution in [3.8, 4) is 5.75 Å². The average Bonchev–Trinajstić information content (AvgIpc) is 3.12. The molecule has 3 aliphatic rings. The van der Waals surface area contributed by atoms with Gasteiger partial charge in [-0.1, -0.05) is 72.8 Å². The zero-order chi connectivity index (χ0) is 34.8. The Balaban J connectivity index is 1.15. The molecule has 0 radical (unpaired) electrons. The number of nitrogens with zero attached hydrogens (tertiary/aromatic N) is 2. The van der Waals surface area contributed by atoms with E-state index >= 15 is 0 Å². The fourth-order valence-corrected chi connectivity index (χ4v) is 7.67. The van der Waals surface area contributed by atoms with Crippen LogP contribution in [0.1, 0.15) is 55.2 Å². The number of ether oxygens (including phenoxy) is 1. The second kappa shape index (κ2) is 16.8. The normalized spacial score (nSPS) is 22.2. The van der Waals surface area contributed by atoms with E-state index in [-0.39, 0.29) is 54.9 Å². The summed E-state index contributed by atoms with van der Waals surface area (Å²) in [5.41, 5.74) is 2.35. The molecule has 3 heterocycles. The van der Waals surface area contributed by atoms with Crippen molar-refractivity contribution in [3.05, 3.63) is 102 Å². The first-order valence-electron chi connectivity index (χ1n) is 18.0. The van der Waals surface area contributed by atoms with Gasteiger partial charge in [0.25, 0.3) is 5.91 Å². The number of piperidine rings is 2. The van der Waals surface area contributed by atoms with Gasteiger partial charge in [-0.2, -0.15) is 0 Å². The molecular weight excluding hydrogens is 630 g/mol. The molecular formula is C40H49N5O5. The highest BCUT2D eigenvalue weighted by molar-refractivity contribution is 5.83. The third kappa shape index (κ3) is 9.72. The van der Waals surface area contributed by atoms with E-state index in [4.69, 9.17) is 4.74 Å². The molecule has 0 unspecified atom stereocenters. The number of nitrogens with one attached hydrogen (secondary N) is 3. The maximum Gasteiger partial charge on any atom is 0.260 e. The molecule has 10 nitrogen and oxygen atoms in total. The molecule has 3 aromatic carbocycles. The Kier molecular flexibility index (Phi) is 11.8. The molecule has 10 heteroatoms. The molecule has 0 aliphatic carbocycles. The summed E-state index contributed by atoms with van der Waals surface area (Å²) in [5.74, 6) is 0.394. The summed E-state index contributed by atoms with van der Waals surface area (Å²) in [7, 11) is 0. The molecule has 0 bridgehead atoms. The Morgan fingerprint density at radius 1 is 0.760 bits per heavy atom. The van der Waals surface area contributed by atoms with Crippen LogP contribution >= 0.6 is 0 Å². The summed E-state index contributed by atoms with van der Waals surface area (Å²) >= 11 is 0. The van der Waals surface area contributed by atoms with E-state index < -0.39 is 5.54 Å². The van der Waals surface area contributed by atoms with Gasteiger partial charge in [-0.3, -0.25) is 24.1 Å². The maximum absolute atomic E-state index is 13.6. The first kappa shape index (κ1) is 35.1. The van der Waals surface area contributed by atoms with Crippen LogP contribution in [0, 0.1) is 11.8 Å². The van der Waals surface area contributed by atoms with Gasteiger partial charge in [-0.05, 0) is 66.3 Å². The lowest BCUT2D eigenvalue weighted by molar-refractivity contribution is -0.136. The van der Waals surface area contributed by atoms with Crippen molar-refractivity contribution in [2.75, 3.05) is 39.3 Å². The Labute approximate surface area is 294 Å². The molecule has 0 aromatic heterocycles. The number of benzene rings is 3. The predicted molar refractivity (Wildman–Crippen MR) is 191 cm³/mol. The van der Waals surface area contributed by atoms with Gasteiger partial charge < -0.3 is 25.6 Å². The summed E-state index contributed by atoms with van der Waals surface area (Å²) in [6.45, 7) is 4.15. The lowest BCUT2D eigenvalue weighted by atomic mass is 9.80.